The van der Waals surface area contributed by atoms with Crippen molar-refractivity contribution in [3.8, 4) is 0 Å². The molecule has 1 aromatic heterocycles. The lowest BCUT2D eigenvalue weighted by atomic mass is 10.1. The normalized spacial score (nSPS) is 10.5. The molecule has 1 heterocycles. The molecular weight excluding hydrogens is 262 g/mol. The van der Waals surface area contributed by atoms with Crippen molar-refractivity contribution in [3.05, 3.63) is 41.3 Å². The van der Waals surface area contributed by atoms with E-state index in [9.17, 15) is 4.79 Å². The van der Waals surface area contributed by atoms with Gasteiger partial charge in [-0.1, -0.05) is 11.8 Å². The molecule has 0 radical (unpaired) electrons. The number of rotatable bonds is 3. The molecule has 0 aliphatic rings. The van der Waals surface area contributed by atoms with Crippen LogP contribution in [-0.2, 0) is 4.74 Å². The average Bonchev–Trinajstić information content (AvgIpc) is 2.78. The smallest absolute Gasteiger partial charge is 0.340 e. The molecule has 0 amide bonds. The number of carbonyl (C=O) groups excluding carboxylic acids is 1. The molecule has 0 spiro atoms. The van der Waals surface area contributed by atoms with Crippen molar-refractivity contribution in [2.45, 2.75) is 23.6 Å². The van der Waals surface area contributed by atoms with Crippen molar-refractivity contribution < 1.29 is 13.9 Å². The highest BCUT2D eigenvalue weighted by molar-refractivity contribution is 7.99. The van der Waals surface area contributed by atoms with Gasteiger partial charge in [0.05, 0.1) is 23.8 Å². The lowest BCUT2D eigenvalue weighted by molar-refractivity contribution is 0.0601. The number of nitrogens with two attached hydrogens (primary N) is 1. The maximum absolute atomic E-state index is 11.7. The summed E-state index contributed by atoms with van der Waals surface area (Å²) < 4.78 is 9.99. The SMILES string of the molecule is COC(=O)c1cc(Sc2ccoc2C)cc(C)c1N. The Morgan fingerprint density at radius 2 is 2.11 bits per heavy atom. The number of esters is 1. The Bertz CT molecular complexity index is 619. The van der Waals surface area contributed by atoms with Crippen molar-refractivity contribution in [1.82, 2.24) is 0 Å². The second-order valence-electron chi connectivity index (χ2n) is 4.14. The zero-order valence-electron chi connectivity index (χ0n) is 11.0. The van der Waals surface area contributed by atoms with E-state index in [0.717, 1.165) is 21.1 Å². The number of ether oxygens (including phenoxy) is 1. The minimum Gasteiger partial charge on any atom is -0.468 e. The first-order valence-electron chi connectivity index (χ1n) is 5.73. The van der Waals surface area contributed by atoms with E-state index in [2.05, 4.69) is 0 Å². The van der Waals surface area contributed by atoms with Gasteiger partial charge in [0, 0.05) is 10.6 Å². The molecule has 0 aliphatic heterocycles. The molecule has 19 heavy (non-hydrogen) atoms. The molecule has 0 bridgehead atoms. The first-order chi connectivity index (χ1) is 9.02. The van der Waals surface area contributed by atoms with Gasteiger partial charge in [-0.15, -0.1) is 0 Å². The first-order valence-corrected chi connectivity index (χ1v) is 6.55. The number of hydrogen-bond acceptors (Lipinski definition) is 5. The minimum absolute atomic E-state index is 0.395. The molecule has 4 nitrogen and oxygen atoms in total. The predicted octanol–water partition coefficient (Wildman–Crippen LogP) is 3.42. The summed E-state index contributed by atoms with van der Waals surface area (Å²) in [6.45, 7) is 3.77. The highest BCUT2D eigenvalue weighted by Gasteiger charge is 2.14. The van der Waals surface area contributed by atoms with Gasteiger partial charge in [0.25, 0.3) is 0 Å². The first kappa shape index (κ1) is 13.5. The van der Waals surface area contributed by atoms with Gasteiger partial charge in [-0.3, -0.25) is 0 Å². The van der Waals surface area contributed by atoms with Crippen molar-refractivity contribution in [2.24, 2.45) is 0 Å². The second-order valence-corrected chi connectivity index (χ2v) is 5.25. The fourth-order valence-electron chi connectivity index (χ4n) is 1.71. The summed E-state index contributed by atoms with van der Waals surface area (Å²) in [7, 11) is 1.34. The monoisotopic (exact) mass is 277 g/mol. The van der Waals surface area contributed by atoms with E-state index in [0.29, 0.717) is 11.3 Å². The Hall–Kier alpha value is -1.88. The molecule has 1 aromatic carbocycles. The number of furan rings is 1. The molecule has 0 saturated carbocycles. The van der Waals surface area contributed by atoms with Gasteiger partial charge < -0.3 is 14.9 Å². The van der Waals surface area contributed by atoms with Crippen molar-refractivity contribution >= 4 is 23.4 Å². The maximum Gasteiger partial charge on any atom is 0.340 e. The fourth-order valence-corrected chi connectivity index (χ4v) is 2.69. The number of carbonyl (C=O) groups is 1. The van der Waals surface area contributed by atoms with Crippen molar-refractivity contribution in [2.75, 3.05) is 12.8 Å². The molecule has 5 heteroatoms. The summed E-state index contributed by atoms with van der Waals surface area (Å²) in [6, 6.07) is 5.58. The average molecular weight is 277 g/mol. The van der Waals surface area contributed by atoms with Gasteiger partial charge in [0.2, 0.25) is 0 Å². The number of aryl methyl sites for hydroxylation is 2. The Labute approximate surface area is 115 Å². The molecule has 0 unspecified atom stereocenters. The van der Waals surface area contributed by atoms with Crippen LogP contribution >= 0.6 is 11.8 Å². The van der Waals surface area contributed by atoms with E-state index < -0.39 is 5.97 Å². The minimum atomic E-state index is -0.424. The molecule has 0 aliphatic carbocycles. The van der Waals surface area contributed by atoms with Crippen LogP contribution in [0.2, 0.25) is 0 Å². The van der Waals surface area contributed by atoms with Crippen LogP contribution < -0.4 is 5.73 Å². The van der Waals surface area contributed by atoms with E-state index in [1.54, 1.807) is 12.3 Å². The van der Waals surface area contributed by atoms with Gasteiger partial charge in [-0.25, -0.2) is 4.79 Å². The Kier molecular flexibility index (Phi) is 3.85. The summed E-state index contributed by atoms with van der Waals surface area (Å²) in [6.07, 6.45) is 1.64. The maximum atomic E-state index is 11.7. The van der Waals surface area contributed by atoms with Gasteiger partial charge >= 0.3 is 5.97 Å². The van der Waals surface area contributed by atoms with E-state index in [4.69, 9.17) is 14.9 Å². The Morgan fingerprint density at radius 1 is 1.37 bits per heavy atom. The number of benzene rings is 1. The van der Waals surface area contributed by atoms with Gasteiger partial charge in [0.15, 0.2) is 0 Å². The largest absolute Gasteiger partial charge is 0.468 e. The van der Waals surface area contributed by atoms with Crippen molar-refractivity contribution in [3.63, 3.8) is 0 Å². The fraction of sp³-hybridized carbons (Fsp3) is 0.214. The number of methoxy groups -OCH3 is 1. The third-order valence-corrected chi connectivity index (χ3v) is 3.92. The molecule has 2 aromatic rings. The third-order valence-electron chi connectivity index (χ3n) is 2.80. The molecule has 0 saturated heterocycles. The molecule has 100 valence electrons. The van der Waals surface area contributed by atoms with Gasteiger partial charge in [0.1, 0.15) is 5.76 Å². The van der Waals surface area contributed by atoms with E-state index in [-0.39, 0.29) is 0 Å². The lowest BCUT2D eigenvalue weighted by Gasteiger charge is -2.09. The molecule has 0 atom stereocenters. The zero-order valence-corrected chi connectivity index (χ0v) is 11.8. The molecule has 0 fully saturated rings. The van der Waals surface area contributed by atoms with Crippen LogP contribution in [0.1, 0.15) is 21.7 Å². The Balaban J connectivity index is 2.40. The van der Waals surface area contributed by atoms with Crippen LogP contribution in [0.4, 0.5) is 5.69 Å². The number of nitrogen functional groups attached to an aromatic ring is 1. The Morgan fingerprint density at radius 3 is 2.68 bits per heavy atom. The van der Waals surface area contributed by atoms with Crippen LogP contribution in [-0.4, -0.2) is 13.1 Å². The summed E-state index contributed by atoms with van der Waals surface area (Å²) >= 11 is 1.53. The van der Waals surface area contributed by atoms with Crippen LogP contribution in [0.3, 0.4) is 0 Å². The van der Waals surface area contributed by atoms with Crippen LogP contribution in [0.15, 0.2) is 38.7 Å². The number of hydrogen-bond donors (Lipinski definition) is 1. The predicted molar refractivity (Wildman–Crippen MR) is 74.5 cm³/mol. The second kappa shape index (κ2) is 5.40. The third kappa shape index (κ3) is 2.76. The number of anilines is 1. The van der Waals surface area contributed by atoms with E-state index in [1.165, 1.54) is 18.9 Å². The van der Waals surface area contributed by atoms with E-state index >= 15 is 0 Å². The van der Waals surface area contributed by atoms with E-state index in [1.807, 2.05) is 26.0 Å². The van der Waals surface area contributed by atoms with Crippen LogP contribution in [0.25, 0.3) is 0 Å². The van der Waals surface area contributed by atoms with Crippen LogP contribution in [0, 0.1) is 13.8 Å². The highest BCUT2D eigenvalue weighted by Crippen LogP contribution is 2.34. The molecule has 2 N–H and O–H groups in total. The van der Waals surface area contributed by atoms with Gasteiger partial charge in [-0.05, 0) is 37.6 Å². The van der Waals surface area contributed by atoms with Crippen molar-refractivity contribution in [1.29, 1.82) is 0 Å². The standard InChI is InChI=1S/C14H15NO3S/c1-8-6-10(19-12-4-5-18-9(12)2)7-11(13(8)15)14(16)17-3/h4-7H,15H2,1-3H3. The topological polar surface area (TPSA) is 65.5 Å². The van der Waals surface area contributed by atoms with Gasteiger partial charge in [-0.2, -0.15) is 0 Å². The summed E-state index contributed by atoms with van der Waals surface area (Å²) in [4.78, 5) is 13.6. The zero-order chi connectivity index (χ0) is 14.0. The lowest BCUT2D eigenvalue weighted by Crippen LogP contribution is -2.07. The highest BCUT2D eigenvalue weighted by atomic mass is 32.2. The summed E-state index contributed by atoms with van der Waals surface area (Å²) in [5, 5.41) is 0. The quantitative estimate of drug-likeness (QED) is 0.688. The molecular formula is C14H15NO3S. The summed E-state index contributed by atoms with van der Waals surface area (Å²) in [5.74, 6) is 0.422. The summed E-state index contributed by atoms with van der Waals surface area (Å²) in [5.41, 5.74) is 7.61. The van der Waals surface area contributed by atoms with Crippen LogP contribution in [0.5, 0.6) is 0 Å². The molecule has 2 rings (SSSR count).